The molecule has 3 nitrogen and oxygen atoms in total. The van der Waals surface area contributed by atoms with Crippen molar-refractivity contribution in [3.8, 4) is 11.8 Å². The fourth-order valence-corrected chi connectivity index (χ4v) is 2.27. The third-order valence-corrected chi connectivity index (χ3v) is 3.34. The topological polar surface area (TPSA) is 45.0 Å². The molecule has 0 saturated carbocycles. The Kier molecular flexibility index (Phi) is 3.18. The first-order valence-corrected chi connectivity index (χ1v) is 6.31. The number of hydrogen-bond donors (Lipinski definition) is 1. The zero-order valence-electron chi connectivity index (χ0n) is 10.5. The summed E-state index contributed by atoms with van der Waals surface area (Å²) in [5, 5.41) is 12.4. The molecule has 1 atom stereocenters. The summed E-state index contributed by atoms with van der Waals surface area (Å²) in [4.78, 5) is 0. The van der Waals surface area contributed by atoms with Gasteiger partial charge in [0.1, 0.15) is 12.4 Å². The lowest BCUT2D eigenvalue weighted by molar-refractivity contribution is 0.280. The molecule has 0 spiro atoms. The summed E-state index contributed by atoms with van der Waals surface area (Å²) in [6, 6.07) is 18.2. The lowest BCUT2D eigenvalue weighted by atomic mass is 10.1. The Morgan fingerprint density at radius 1 is 1.16 bits per heavy atom. The second kappa shape index (κ2) is 5.13. The van der Waals surface area contributed by atoms with Crippen molar-refractivity contribution in [3.63, 3.8) is 0 Å². The number of nitrogens with one attached hydrogen (secondary N) is 1. The molecule has 0 radical (unpaired) electrons. The third-order valence-electron chi connectivity index (χ3n) is 3.34. The molecule has 0 fully saturated rings. The van der Waals surface area contributed by atoms with Crippen LogP contribution in [-0.4, -0.2) is 6.61 Å². The van der Waals surface area contributed by atoms with Crippen molar-refractivity contribution in [3.05, 3.63) is 65.2 Å². The van der Waals surface area contributed by atoms with E-state index in [1.54, 1.807) is 0 Å². The highest BCUT2D eigenvalue weighted by Gasteiger charge is 2.18. The van der Waals surface area contributed by atoms with E-state index in [4.69, 9.17) is 10.00 Å². The molecule has 3 heteroatoms. The smallest absolute Gasteiger partial charge is 0.125 e. The Morgan fingerprint density at radius 2 is 2.00 bits per heavy atom. The minimum atomic E-state index is 0.180. The van der Waals surface area contributed by atoms with E-state index < -0.39 is 0 Å². The Balaban J connectivity index is 1.84. The van der Waals surface area contributed by atoms with Gasteiger partial charge in [-0.3, -0.25) is 0 Å². The van der Waals surface area contributed by atoms with E-state index in [2.05, 4.69) is 23.5 Å². The number of nitriles is 1. The van der Waals surface area contributed by atoms with Gasteiger partial charge in [-0.15, -0.1) is 0 Å². The molecule has 0 amide bonds. The van der Waals surface area contributed by atoms with Crippen LogP contribution in [0.3, 0.4) is 0 Å². The highest BCUT2D eigenvalue weighted by Crippen LogP contribution is 2.26. The largest absolute Gasteiger partial charge is 0.491 e. The second-order valence-corrected chi connectivity index (χ2v) is 4.59. The number of nitrogens with zero attached hydrogens (tertiary/aromatic N) is 1. The van der Waals surface area contributed by atoms with Crippen molar-refractivity contribution in [1.29, 1.82) is 5.26 Å². The summed E-state index contributed by atoms with van der Waals surface area (Å²) in [6.07, 6.45) is 0. The molecule has 2 aromatic rings. The average Bonchev–Trinajstić information content (AvgIpc) is 2.70. The van der Waals surface area contributed by atoms with Crippen LogP contribution in [0.1, 0.15) is 22.7 Å². The first kappa shape index (κ1) is 11.8. The van der Waals surface area contributed by atoms with Crippen LogP contribution in [0.4, 0.5) is 0 Å². The molecular formula is C16H14N2O. The van der Waals surface area contributed by atoms with Crippen molar-refractivity contribution < 1.29 is 4.74 Å². The van der Waals surface area contributed by atoms with Gasteiger partial charge in [0.2, 0.25) is 0 Å². The van der Waals surface area contributed by atoms with Crippen molar-refractivity contribution in [2.24, 2.45) is 0 Å². The Hall–Kier alpha value is -2.31. The molecule has 0 aromatic heterocycles. The molecule has 1 aliphatic heterocycles. The summed E-state index contributed by atoms with van der Waals surface area (Å²) >= 11 is 0. The number of fused-ring (bicyclic) bond motifs is 1. The minimum Gasteiger partial charge on any atom is -0.491 e. The van der Waals surface area contributed by atoms with Gasteiger partial charge in [-0.25, -0.2) is 0 Å². The SMILES string of the molecule is N#Cc1ccc2c(c1)OC[C@H](c1ccccc1)NC2. The van der Waals surface area contributed by atoms with Crippen molar-refractivity contribution in [2.75, 3.05) is 6.61 Å². The first-order chi connectivity index (χ1) is 9.36. The number of benzene rings is 2. The maximum Gasteiger partial charge on any atom is 0.125 e. The molecule has 3 rings (SSSR count). The molecule has 0 saturated heterocycles. The molecule has 2 aromatic carbocycles. The van der Waals surface area contributed by atoms with Crippen LogP contribution < -0.4 is 10.1 Å². The predicted molar refractivity (Wildman–Crippen MR) is 72.7 cm³/mol. The van der Waals surface area contributed by atoms with Crippen LogP contribution in [-0.2, 0) is 6.54 Å². The van der Waals surface area contributed by atoms with E-state index in [9.17, 15) is 0 Å². The summed E-state index contributed by atoms with van der Waals surface area (Å²) in [5.74, 6) is 0.810. The maximum absolute atomic E-state index is 8.92. The fraction of sp³-hybridized carbons (Fsp3) is 0.188. The molecular weight excluding hydrogens is 236 g/mol. The van der Waals surface area contributed by atoms with Crippen molar-refractivity contribution in [1.82, 2.24) is 5.32 Å². The van der Waals surface area contributed by atoms with Gasteiger partial charge in [-0.05, 0) is 17.7 Å². The molecule has 94 valence electrons. The molecule has 1 heterocycles. The zero-order chi connectivity index (χ0) is 13.1. The van der Waals surface area contributed by atoms with Gasteiger partial charge < -0.3 is 10.1 Å². The van der Waals surface area contributed by atoms with E-state index in [0.717, 1.165) is 17.9 Å². The highest BCUT2D eigenvalue weighted by molar-refractivity contribution is 5.43. The summed E-state index contributed by atoms with van der Waals surface area (Å²) < 4.78 is 5.84. The first-order valence-electron chi connectivity index (χ1n) is 6.31. The predicted octanol–water partition coefficient (Wildman–Crippen LogP) is 2.78. The third kappa shape index (κ3) is 2.44. The Bertz CT molecular complexity index is 616. The number of ether oxygens (including phenoxy) is 1. The van der Waals surface area contributed by atoms with Gasteiger partial charge in [0.15, 0.2) is 0 Å². The number of rotatable bonds is 1. The van der Waals surface area contributed by atoms with Gasteiger partial charge in [-0.1, -0.05) is 36.4 Å². The van der Waals surface area contributed by atoms with Crippen LogP contribution >= 0.6 is 0 Å². The van der Waals surface area contributed by atoms with Crippen LogP contribution in [0.15, 0.2) is 48.5 Å². The second-order valence-electron chi connectivity index (χ2n) is 4.59. The average molecular weight is 250 g/mol. The maximum atomic E-state index is 8.92. The van der Waals surface area contributed by atoms with Crippen molar-refractivity contribution >= 4 is 0 Å². The lowest BCUT2D eigenvalue weighted by Crippen LogP contribution is -2.23. The Labute approximate surface area is 112 Å². The van der Waals surface area contributed by atoms with E-state index in [-0.39, 0.29) is 6.04 Å². The molecule has 1 aliphatic rings. The van der Waals surface area contributed by atoms with Gasteiger partial charge in [0.25, 0.3) is 0 Å². The van der Waals surface area contributed by atoms with Gasteiger partial charge in [0, 0.05) is 12.1 Å². The van der Waals surface area contributed by atoms with Crippen LogP contribution in [0.2, 0.25) is 0 Å². The van der Waals surface area contributed by atoms with Gasteiger partial charge >= 0.3 is 0 Å². The van der Waals surface area contributed by atoms with E-state index in [1.807, 2.05) is 36.4 Å². The number of hydrogen-bond acceptors (Lipinski definition) is 3. The minimum absolute atomic E-state index is 0.180. The standard InChI is InChI=1S/C16H14N2O/c17-9-12-6-7-14-10-18-15(11-19-16(14)8-12)13-4-2-1-3-5-13/h1-8,15,18H,10-11H2/t15-/m1/s1. The van der Waals surface area contributed by atoms with E-state index in [0.29, 0.717) is 12.2 Å². The zero-order valence-corrected chi connectivity index (χ0v) is 10.5. The highest BCUT2D eigenvalue weighted by atomic mass is 16.5. The molecule has 19 heavy (non-hydrogen) atoms. The van der Waals surface area contributed by atoms with E-state index in [1.165, 1.54) is 5.56 Å². The molecule has 0 aliphatic carbocycles. The van der Waals surface area contributed by atoms with Crippen LogP contribution in [0.5, 0.6) is 5.75 Å². The quantitative estimate of drug-likeness (QED) is 0.846. The summed E-state index contributed by atoms with van der Waals surface area (Å²) in [6.45, 7) is 1.33. The summed E-state index contributed by atoms with van der Waals surface area (Å²) in [7, 11) is 0. The Morgan fingerprint density at radius 3 is 2.79 bits per heavy atom. The van der Waals surface area contributed by atoms with Gasteiger partial charge in [-0.2, -0.15) is 5.26 Å². The van der Waals surface area contributed by atoms with Gasteiger partial charge in [0.05, 0.1) is 17.7 Å². The molecule has 0 bridgehead atoms. The monoisotopic (exact) mass is 250 g/mol. The van der Waals surface area contributed by atoms with Crippen LogP contribution in [0, 0.1) is 11.3 Å². The fourth-order valence-electron chi connectivity index (χ4n) is 2.27. The molecule has 1 N–H and O–H groups in total. The lowest BCUT2D eigenvalue weighted by Gasteiger charge is -2.15. The summed E-state index contributed by atoms with van der Waals surface area (Å²) in [5.41, 5.74) is 2.95. The molecule has 0 unspecified atom stereocenters. The van der Waals surface area contributed by atoms with E-state index >= 15 is 0 Å². The normalized spacial score (nSPS) is 17.7. The van der Waals surface area contributed by atoms with Crippen molar-refractivity contribution in [2.45, 2.75) is 12.6 Å². The van der Waals surface area contributed by atoms with Crippen LogP contribution in [0.25, 0.3) is 0 Å².